The highest BCUT2D eigenvalue weighted by molar-refractivity contribution is 7.86. The van der Waals surface area contributed by atoms with Crippen molar-refractivity contribution < 1.29 is 83.5 Å². The summed E-state index contributed by atoms with van der Waals surface area (Å²) in [5.74, 6) is -5.82. The number of benzene rings is 5. The molecule has 12 N–H and O–H groups in total. The number of nitroso groups, excluding NO2 is 1. The number of nitrogens with one attached hydrogen (secondary N) is 2. The molecule has 32 heteroatoms. The van der Waals surface area contributed by atoms with Crippen molar-refractivity contribution in [3.63, 3.8) is 0 Å². The van der Waals surface area contributed by atoms with E-state index in [0.717, 1.165) is 66.7 Å². The summed E-state index contributed by atoms with van der Waals surface area (Å²) in [7, 11) is -15.1. The molecule has 0 spiro atoms. The predicted octanol–water partition coefficient (Wildman–Crippen LogP) is 5.38. The number of aromatic hydroxyl groups is 1. The van der Waals surface area contributed by atoms with E-state index in [2.05, 4.69) is 41.2 Å². The average Bonchev–Trinajstić information content (AvgIpc) is 3.28. The summed E-state index contributed by atoms with van der Waals surface area (Å²) in [6, 6.07) is 11.2. The molecule has 0 aliphatic heterocycles. The molecule has 29 nitrogen and oxygen atoms in total. The van der Waals surface area contributed by atoms with Gasteiger partial charge >= 0.3 is 5.97 Å². The number of carbonyl (C=O) groups excluding carboxylic acids is 1. The lowest BCUT2D eigenvalue weighted by Crippen LogP contribution is -2.25. The van der Waals surface area contributed by atoms with Gasteiger partial charge in [0.05, 0.1) is 23.7 Å². The van der Waals surface area contributed by atoms with Crippen LogP contribution in [0.15, 0.2) is 135 Å². The number of anilines is 1. The molecule has 0 aromatic heterocycles. The molecule has 0 saturated carbocycles. The standard InChI is InChI=1S/C37H32N10O19S3/c38-31(35(39)51)33(46-41-23-6-3-20(67(56,57)58)14-22(23)37(53)54)36(52)40-18-1-4-21-17(11-18)12-30(69(62,63)64)32(34(21)50)45-44-26-16-27(65-9-7-48)25(15-28(26)66-10-8-49)43-42-24-5-2-19(47-55)13-29(24)68(59,60)61/h1-6,11-16,38,40,48-50,52H,7-10H2,(H2,39,51)(H,53,54)(H,56,57,58)(H,59,60,61)(H,62,63,64)/b36-33-,38-31?,43-42?,45-44?,46-41?. The van der Waals surface area contributed by atoms with Gasteiger partial charge in [-0.25, -0.2) is 4.79 Å². The highest BCUT2D eigenvalue weighted by Crippen LogP contribution is 2.45. The number of fused-ring (bicyclic) bond motifs is 1. The van der Waals surface area contributed by atoms with Crippen LogP contribution in [0, 0.1) is 10.3 Å². The zero-order valence-electron chi connectivity index (χ0n) is 34.3. The normalized spacial score (nSPS) is 12.7. The molecule has 0 unspecified atom stereocenters. The fourth-order valence-corrected chi connectivity index (χ4v) is 7.39. The van der Waals surface area contributed by atoms with Gasteiger partial charge in [0.2, 0.25) is 5.88 Å². The summed E-state index contributed by atoms with van der Waals surface area (Å²) < 4.78 is 113. The number of primary amides is 1. The third kappa shape index (κ3) is 12.6. The van der Waals surface area contributed by atoms with Crippen LogP contribution in [-0.4, -0.2) is 108 Å². The Balaban J connectivity index is 1.59. The summed E-state index contributed by atoms with van der Waals surface area (Å²) in [6.07, 6.45) is 0. The van der Waals surface area contributed by atoms with Gasteiger partial charge in [-0.15, -0.1) is 35.6 Å². The lowest BCUT2D eigenvalue weighted by molar-refractivity contribution is -0.112. The minimum Gasteiger partial charge on any atom is -0.505 e. The molecule has 5 aromatic rings. The smallest absolute Gasteiger partial charge is 0.338 e. The van der Waals surface area contributed by atoms with Crippen LogP contribution in [0.2, 0.25) is 0 Å². The number of ether oxygens (including phenoxy) is 2. The van der Waals surface area contributed by atoms with Crippen LogP contribution >= 0.6 is 0 Å². The van der Waals surface area contributed by atoms with Crippen molar-refractivity contribution in [3.05, 3.63) is 94.8 Å². The lowest BCUT2D eigenvalue weighted by atomic mass is 10.1. The first-order valence-electron chi connectivity index (χ1n) is 18.4. The minimum absolute atomic E-state index is 0.176. The van der Waals surface area contributed by atoms with Crippen LogP contribution in [0.5, 0.6) is 17.2 Å². The van der Waals surface area contributed by atoms with Gasteiger partial charge in [-0.3, -0.25) is 23.9 Å². The molecule has 1 amide bonds. The fourth-order valence-electron chi connectivity index (χ4n) is 5.59. The van der Waals surface area contributed by atoms with Crippen LogP contribution < -0.4 is 20.5 Å². The number of nitrogens with two attached hydrogens (primary N) is 1. The van der Waals surface area contributed by atoms with Crippen molar-refractivity contribution in [1.82, 2.24) is 0 Å². The first kappa shape index (κ1) is 51.7. The Bertz CT molecular complexity index is 3400. The molecule has 362 valence electrons. The van der Waals surface area contributed by atoms with E-state index < -0.39 is 129 Å². The van der Waals surface area contributed by atoms with E-state index in [0.29, 0.717) is 6.07 Å². The van der Waals surface area contributed by atoms with Gasteiger partial charge in [-0.1, -0.05) is 0 Å². The molecule has 69 heavy (non-hydrogen) atoms. The molecule has 5 rings (SSSR count). The van der Waals surface area contributed by atoms with Crippen LogP contribution in [0.3, 0.4) is 0 Å². The summed E-state index contributed by atoms with van der Waals surface area (Å²) in [6.45, 7) is -1.93. The Morgan fingerprint density at radius 3 is 1.80 bits per heavy atom. The first-order chi connectivity index (χ1) is 32.4. The van der Waals surface area contributed by atoms with Crippen molar-refractivity contribution in [2.45, 2.75) is 14.7 Å². The van der Waals surface area contributed by atoms with Gasteiger partial charge in [0, 0.05) is 23.2 Å². The molecular formula is C37H32N10O19S3. The monoisotopic (exact) mass is 1020 g/mol. The van der Waals surface area contributed by atoms with Crippen molar-refractivity contribution in [2.75, 3.05) is 31.7 Å². The van der Waals surface area contributed by atoms with E-state index in [1.54, 1.807) is 0 Å². The number of hydrogen-bond donors (Lipinski definition) is 11. The number of aliphatic hydroxyl groups excluding tert-OH is 3. The maximum Gasteiger partial charge on any atom is 0.338 e. The first-order valence-corrected chi connectivity index (χ1v) is 22.8. The highest BCUT2D eigenvalue weighted by atomic mass is 32.2. The zero-order valence-corrected chi connectivity index (χ0v) is 36.7. The number of amides is 1. The number of nitrogens with zero attached hydrogens (tertiary/aromatic N) is 7. The molecule has 0 bridgehead atoms. The Hall–Kier alpha value is -8.24. The number of carbonyl (C=O) groups is 2. The van der Waals surface area contributed by atoms with Crippen LogP contribution in [-0.2, 0) is 35.1 Å². The molecule has 0 radical (unpaired) electrons. The number of carboxylic acids is 1. The third-order valence-corrected chi connectivity index (χ3v) is 11.2. The van der Waals surface area contributed by atoms with Gasteiger partial charge in [0.1, 0.15) is 68.6 Å². The molecular weight excluding hydrogens is 985 g/mol. The number of phenols is 1. The summed E-state index contributed by atoms with van der Waals surface area (Å²) in [5, 5.41) is 86.1. The number of rotatable bonds is 21. The Labute approximate surface area is 386 Å². The van der Waals surface area contributed by atoms with E-state index in [1.165, 1.54) is 0 Å². The second kappa shape index (κ2) is 21.2. The summed E-state index contributed by atoms with van der Waals surface area (Å²) >= 11 is 0. The van der Waals surface area contributed by atoms with E-state index in [9.17, 15) is 78.9 Å². The van der Waals surface area contributed by atoms with Crippen LogP contribution in [0.1, 0.15) is 10.4 Å². The van der Waals surface area contributed by atoms with Gasteiger partial charge in [-0.05, 0) is 71.2 Å². The number of hydrogen-bond acceptors (Lipinski definition) is 24. The Kier molecular flexibility index (Phi) is 15.9. The maximum atomic E-state index is 12.7. The second-order valence-corrected chi connectivity index (χ2v) is 17.5. The Morgan fingerprint density at radius 2 is 1.26 bits per heavy atom. The fraction of sp³-hybridized carbons (Fsp3) is 0.108. The van der Waals surface area contributed by atoms with Crippen LogP contribution in [0.25, 0.3) is 10.8 Å². The molecule has 0 fully saturated rings. The van der Waals surface area contributed by atoms with Crippen molar-refractivity contribution in [3.8, 4) is 17.2 Å². The topological polar surface area (TPSA) is 482 Å². The van der Waals surface area contributed by atoms with E-state index >= 15 is 0 Å². The molecule has 0 aliphatic carbocycles. The molecule has 0 heterocycles. The number of carboxylic acid groups (broad SMARTS) is 1. The number of aromatic carboxylic acids is 1. The molecule has 0 saturated heterocycles. The van der Waals surface area contributed by atoms with E-state index in [-0.39, 0.29) is 45.0 Å². The summed E-state index contributed by atoms with van der Waals surface area (Å²) in [5.41, 5.74) is -0.886. The molecule has 0 aliphatic rings. The average molecular weight is 1020 g/mol. The predicted molar refractivity (Wildman–Crippen MR) is 235 cm³/mol. The Morgan fingerprint density at radius 1 is 0.681 bits per heavy atom. The quantitative estimate of drug-likeness (QED) is 0.0144. The number of azo groups is 3. The van der Waals surface area contributed by atoms with Crippen molar-refractivity contribution >= 4 is 98.5 Å². The molecule has 5 aromatic carbocycles. The van der Waals surface area contributed by atoms with E-state index in [4.69, 9.17) is 20.6 Å². The van der Waals surface area contributed by atoms with Crippen molar-refractivity contribution in [2.24, 2.45) is 41.6 Å². The third-order valence-electron chi connectivity index (χ3n) is 8.64. The minimum atomic E-state index is -5.30. The zero-order chi connectivity index (χ0) is 51.0. The van der Waals surface area contributed by atoms with Gasteiger partial charge in [0.25, 0.3) is 36.3 Å². The van der Waals surface area contributed by atoms with Crippen molar-refractivity contribution in [1.29, 1.82) is 5.41 Å². The SMILES string of the molecule is N=C(C(N)=O)/C(N=Nc1ccc(S(=O)(=O)O)cc1C(=O)O)=C(/O)Nc1ccc2c(O)c(N=Nc3cc(OCCO)c(N=Nc4ccc(N=O)cc4S(=O)(=O)O)cc3OCCO)c(S(=O)(=O)O)cc2c1. The van der Waals surface area contributed by atoms with Gasteiger partial charge in [0.15, 0.2) is 17.2 Å². The van der Waals surface area contributed by atoms with Crippen LogP contribution in [0.4, 0.5) is 39.8 Å². The lowest BCUT2D eigenvalue weighted by Gasteiger charge is -2.13. The van der Waals surface area contributed by atoms with E-state index in [1.807, 2.05) is 0 Å². The highest BCUT2D eigenvalue weighted by Gasteiger charge is 2.25. The van der Waals surface area contributed by atoms with Gasteiger partial charge < -0.3 is 46.1 Å². The summed E-state index contributed by atoms with van der Waals surface area (Å²) in [4.78, 5) is 32.0. The second-order valence-electron chi connectivity index (χ2n) is 13.3. The van der Waals surface area contributed by atoms with Gasteiger partial charge in [-0.2, -0.15) is 25.3 Å². The largest absolute Gasteiger partial charge is 0.505 e. The maximum absolute atomic E-state index is 12.7. The number of aliphatic hydroxyl groups is 3. The number of phenolic OH excluding ortho intramolecular Hbond substituents is 1. The molecule has 0 atom stereocenters.